The summed E-state index contributed by atoms with van der Waals surface area (Å²) in [4.78, 5) is 18.3. The molecule has 5 rings (SSSR count). The van der Waals surface area contributed by atoms with Gasteiger partial charge in [0.2, 0.25) is 5.88 Å². The molecule has 0 spiro atoms. The average molecular weight is 383 g/mol. The molecule has 0 N–H and O–H groups in total. The van der Waals surface area contributed by atoms with Crippen LogP contribution in [0.5, 0.6) is 5.88 Å². The second-order valence-corrected chi connectivity index (χ2v) is 7.41. The van der Waals surface area contributed by atoms with Crippen LogP contribution < -0.4 is 4.74 Å². The zero-order valence-corrected chi connectivity index (χ0v) is 16.6. The molecule has 0 radical (unpaired) electrons. The SMILES string of the molecule is COc1cc(-c2cnc3c(n2)C(c2ccc4ncn(C(C)C)c4c2)=CC3)ccn1. The van der Waals surface area contributed by atoms with E-state index in [2.05, 4.69) is 57.6 Å². The second kappa shape index (κ2) is 6.81. The average Bonchev–Trinajstić information content (AvgIpc) is 3.37. The molecule has 0 aliphatic heterocycles. The Morgan fingerprint density at radius 1 is 1.03 bits per heavy atom. The molecular formula is C23H21N5O. The van der Waals surface area contributed by atoms with Crippen molar-refractivity contribution in [2.45, 2.75) is 26.3 Å². The highest BCUT2D eigenvalue weighted by molar-refractivity contribution is 5.88. The number of hydrogen-bond acceptors (Lipinski definition) is 5. The number of allylic oxidation sites excluding steroid dienone is 1. The van der Waals surface area contributed by atoms with Gasteiger partial charge < -0.3 is 9.30 Å². The Morgan fingerprint density at radius 2 is 1.93 bits per heavy atom. The molecular weight excluding hydrogens is 362 g/mol. The van der Waals surface area contributed by atoms with Crippen LogP contribution in [0, 0.1) is 0 Å². The van der Waals surface area contributed by atoms with Crippen LogP contribution in [0.25, 0.3) is 27.9 Å². The first-order chi connectivity index (χ1) is 14.1. The third kappa shape index (κ3) is 2.97. The molecule has 29 heavy (non-hydrogen) atoms. The minimum absolute atomic E-state index is 0.355. The Labute approximate surface area is 168 Å². The lowest BCUT2D eigenvalue weighted by Gasteiger charge is -2.11. The van der Waals surface area contributed by atoms with Crippen molar-refractivity contribution >= 4 is 16.6 Å². The van der Waals surface area contributed by atoms with Gasteiger partial charge in [-0.15, -0.1) is 0 Å². The Balaban J connectivity index is 1.58. The van der Waals surface area contributed by atoms with Crippen molar-refractivity contribution in [3.63, 3.8) is 0 Å². The van der Waals surface area contributed by atoms with E-state index in [1.54, 1.807) is 13.3 Å². The van der Waals surface area contributed by atoms with E-state index in [1.165, 1.54) is 0 Å². The summed E-state index contributed by atoms with van der Waals surface area (Å²) in [7, 11) is 1.61. The number of methoxy groups -OCH3 is 1. The molecule has 0 fully saturated rings. The number of benzene rings is 1. The van der Waals surface area contributed by atoms with Gasteiger partial charge in [0.1, 0.15) is 0 Å². The summed E-state index contributed by atoms with van der Waals surface area (Å²) in [5.41, 5.74) is 8.08. The third-order valence-electron chi connectivity index (χ3n) is 5.28. The van der Waals surface area contributed by atoms with E-state index in [0.29, 0.717) is 11.9 Å². The smallest absolute Gasteiger partial charge is 0.213 e. The minimum Gasteiger partial charge on any atom is -0.481 e. The van der Waals surface area contributed by atoms with E-state index in [9.17, 15) is 0 Å². The molecule has 1 aromatic carbocycles. The molecule has 0 atom stereocenters. The van der Waals surface area contributed by atoms with Crippen molar-refractivity contribution in [3.05, 3.63) is 72.1 Å². The van der Waals surface area contributed by atoms with Crippen LogP contribution in [0.15, 0.2) is 55.1 Å². The quantitative estimate of drug-likeness (QED) is 0.520. The zero-order chi connectivity index (χ0) is 20.0. The summed E-state index contributed by atoms with van der Waals surface area (Å²) in [6.45, 7) is 4.33. The van der Waals surface area contributed by atoms with Crippen molar-refractivity contribution in [3.8, 4) is 17.1 Å². The second-order valence-electron chi connectivity index (χ2n) is 7.41. The number of nitrogens with zero attached hydrogens (tertiary/aromatic N) is 5. The summed E-state index contributed by atoms with van der Waals surface area (Å²) in [6, 6.07) is 10.5. The lowest BCUT2D eigenvalue weighted by Crippen LogP contribution is -2.00. The Bertz CT molecular complexity index is 1260. The molecule has 0 saturated carbocycles. The van der Waals surface area contributed by atoms with Crippen molar-refractivity contribution in [1.82, 2.24) is 24.5 Å². The van der Waals surface area contributed by atoms with Crippen molar-refractivity contribution in [2.24, 2.45) is 0 Å². The highest BCUT2D eigenvalue weighted by Crippen LogP contribution is 2.33. The van der Waals surface area contributed by atoms with Crippen LogP contribution in [-0.4, -0.2) is 31.6 Å². The molecule has 1 aliphatic rings. The van der Waals surface area contributed by atoms with Gasteiger partial charge in [-0.25, -0.2) is 15.0 Å². The van der Waals surface area contributed by atoms with Gasteiger partial charge in [0.05, 0.1) is 47.7 Å². The summed E-state index contributed by atoms with van der Waals surface area (Å²) < 4.78 is 7.44. The van der Waals surface area contributed by atoms with E-state index < -0.39 is 0 Å². The first-order valence-electron chi connectivity index (χ1n) is 9.68. The fourth-order valence-corrected chi connectivity index (χ4v) is 3.75. The molecule has 4 aromatic rings. The standard InChI is InChI=1S/C23H21N5O/c1-14(2)28-13-26-18-6-4-15(10-21(18)28)17-5-7-19-23(17)27-20(12-25-19)16-8-9-24-22(11-16)29-3/h4-6,8-14H,7H2,1-3H3. The van der Waals surface area contributed by atoms with Crippen molar-refractivity contribution in [2.75, 3.05) is 7.11 Å². The van der Waals surface area contributed by atoms with E-state index in [-0.39, 0.29) is 0 Å². The maximum absolute atomic E-state index is 5.24. The van der Waals surface area contributed by atoms with Gasteiger partial charge in [0.25, 0.3) is 0 Å². The van der Waals surface area contributed by atoms with Gasteiger partial charge in [0, 0.05) is 35.9 Å². The van der Waals surface area contributed by atoms with Crippen molar-refractivity contribution in [1.29, 1.82) is 0 Å². The van der Waals surface area contributed by atoms with Gasteiger partial charge in [0.15, 0.2) is 0 Å². The fourth-order valence-electron chi connectivity index (χ4n) is 3.75. The lowest BCUT2D eigenvalue weighted by atomic mass is 10.0. The third-order valence-corrected chi connectivity index (χ3v) is 5.28. The van der Waals surface area contributed by atoms with Gasteiger partial charge in [-0.2, -0.15) is 0 Å². The number of ether oxygens (including phenoxy) is 1. The highest BCUT2D eigenvalue weighted by atomic mass is 16.5. The number of fused-ring (bicyclic) bond motifs is 2. The van der Waals surface area contributed by atoms with Gasteiger partial charge >= 0.3 is 0 Å². The van der Waals surface area contributed by atoms with E-state index in [0.717, 1.165) is 51.2 Å². The van der Waals surface area contributed by atoms with Crippen LogP contribution in [0.1, 0.15) is 36.8 Å². The number of aromatic nitrogens is 5. The molecule has 1 aliphatic carbocycles. The molecule has 0 unspecified atom stereocenters. The number of pyridine rings is 1. The van der Waals surface area contributed by atoms with Gasteiger partial charge in [-0.05, 0) is 37.6 Å². The summed E-state index contributed by atoms with van der Waals surface area (Å²) in [6.07, 6.45) is 8.45. The Hall–Kier alpha value is -3.54. The van der Waals surface area contributed by atoms with E-state index in [1.807, 2.05) is 24.7 Å². The molecule has 3 heterocycles. The predicted octanol–water partition coefficient (Wildman–Crippen LogP) is 4.47. The van der Waals surface area contributed by atoms with Crippen molar-refractivity contribution < 1.29 is 4.74 Å². The molecule has 0 saturated heterocycles. The zero-order valence-electron chi connectivity index (χ0n) is 16.6. The fraction of sp³-hybridized carbons (Fsp3) is 0.217. The number of hydrogen-bond donors (Lipinski definition) is 0. The lowest BCUT2D eigenvalue weighted by molar-refractivity contribution is 0.398. The molecule has 6 nitrogen and oxygen atoms in total. The molecule has 6 heteroatoms. The summed E-state index contributed by atoms with van der Waals surface area (Å²) in [5.74, 6) is 0.563. The maximum atomic E-state index is 5.24. The molecule has 0 amide bonds. The Kier molecular flexibility index (Phi) is 4.12. The highest BCUT2D eigenvalue weighted by Gasteiger charge is 2.21. The minimum atomic E-state index is 0.355. The van der Waals surface area contributed by atoms with E-state index in [4.69, 9.17) is 9.72 Å². The Morgan fingerprint density at radius 3 is 2.76 bits per heavy atom. The number of imidazole rings is 1. The maximum Gasteiger partial charge on any atom is 0.213 e. The molecule has 144 valence electrons. The van der Waals surface area contributed by atoms with Crippen LogP contribution in [0.4, 0.5) is 0 Å². The van der Waals surface area contributed by atoms with Crippen LogP contribution >= 0.6 is 0 Å². The van der Waals surface area contributed by atoms with Gasteiger partial charge in [-0.1, -0.05) is 12.1 Å². The van der Waals surface area contributed by atoms with Crippen LogP contribution in [0.3, 0.4) is 0 Å². The first-order valence-corrected chi connectivity index (χ1v) is 9.68. The van der Waals surface area contributed by atoms with E-state index >= 15 is 0 Å². The largest absolute Gasteiger partial charge is 0.481 e. The predicted molar refractivity (Wildman–Crippen MR) is 113 cm³/mol. The van der Waals surface area contributed by atoms with Crippen LogP contribution in [0.2, 0.25) is 0 Å². The molecule has 3 aromatic heterocycles. The summed E-state index contributed by atoms with van der Waals surface area (Å²) in [5, 5.41) is 0. The molecule has 0 bridgehead atoms. The topological polar surface area (TPSA) is 65.7 Å². The first kappa shape index (κ1) is 17.6. The normalized spacial score (nSPS) is 13.0. The van der Waals surface area contributed by atoms with Crippen LogP contribution in [-0.2, 0) is 6.42 Å². The number of rotatable bonds is 4. The summed E-state index contributed by atoms with van der Waals surface area (Å²) >= 11 is 0. The monoisotopic (exact) mass is 383 g/mol. The van der Waals surface area contributed by atoms with Gasteiger partial charge in [-0.3, -0.25) is 4.98 Å².